The molecule has 1 rings (SSSR count). The van der Waals surface area contributed by atoms with Crippen LogP contribution in [0.1, 0.15) is 6.42 Å². The summed E-state index contributed by atoms with van der Waals surface area (Å²) in [4.78, 5) is 5.52. The van der Waals surface area contributed by atoms with Crippen molar-refractivity contribution in [2.75, 3.05) is 18.5 Å². The van der Waals surface area contributed by atoms with Crippen LogP contribution < -0.4 is 4.90 Å². The van der Waals surface area contributed by atoms with Crippen LogP contribution in [0, 0.1) is 0 Å². The standard InChI is InChI=1S/C9H10BrF3N2/c1-15(6-5-9(11,12)13)8-4-2-3-7(10)14-8/h2-4H,5-6H2,1H3. The zero-order chi connectivity index (χ0) is 11.5. The van der Waals surface area contributed by atoms with Crippen LogP contribution in [0.25, 0.3) is 0 Å². The van der Waals surface area contributed by atoms with Gasteiger partial charge in [0.1, 0.15) is 10.4 Å². The number of pyridine rings is 1. The summed E-state index contributed by atoms with van der Waals surface area (Å²) < 4.78 is 36.5. The lowest BCUT2D eigenvalue weighted by Crippen LogP contribution is -2.24. The third-order valence-electron chi connectivity index (χ3n) is 1.82. The molecule has 0 fully saturated rings. The molecule has 0 aliphatic heterocycles. The van der Waals surface area contributed by atoms with Crippen LogP contribution in [-0.2, 0) is 0 Å². The van der Waals surface area contributed by atoms with Crippen molar-refractivity contribution < 1.29 is 13.2 Å². The van der Waals surface area contributed by atoms with Gasteiger partial charge in [-0.2, -0.15) is 13.2 Å². The molecule has 2 nitrogen and oxygen atoms in total. The van der Waals surface area contributed by atoms with Gasteiger partial charge in [0.15, 0.2) is 0 Å². The van der Waals surface area contributed by atoms with Gasteiger partial charge in [-0.05, 0) is 28.1 Å². The number of hydrogen-bond donors (Lipinski definition) is 0. The second-order valence-corrected chi connectivity index (χ2v) is 3.92. The minimum absolute atomic E-state index is 0.0903. The van der Waals surface area contributed by atoms with Crippen molar-refractivity contribution in [3.05, 3.63) is 22.8 Å². The van der Waals surface area contributed by atoms with Crippen LogP contribution in [0.5, 0.6) is 0 Å². The zero-order valence-electron chi connectivity index (χ0n) is 8.05. The van der Waals surface area contributed by atoms with E-state index in [4.69, 9.17) is 0 Å². The predicted molar refractivity (Wildman–Crippen MR) is 55.9 cm³/mol. The highest BCUT2D eigenvalue weighted by Gasteiger charge is 2.27. The Morgan fingerprint density at radius 3 is 2.60 bits per heavy atom. The van der Waals surface area contributed by atoms with Crippen LogP contribution in [0.2, 0.25) is 0 Å². The second-order valence-electron chi connectivity index (χ2n) is 3.11. The fraction of sp³-hybridized carbons (Fsp3) is 0.444. The molecule has 0 saturated heterocycles. The van der Waals surface area contributed by atoms with Crippen molar-refractivity contribution in [2.45, 2.75) is 12.6 Å². The number of hydrogen-bond acceptors (Lipinski definition) is 2. The largest absolute Gasteiger partial charge is 0.390 e. The third kappa shape index (κ3) is 4.51. The molecule has 0 amide bonds. The predicted octanol–water partition coefficient (Wildman–Crippen LogP) is 3.23. The van der Waals surface area contributed by atoms with Gasteiger partial charge in [-0.25, -0.2) is 4.98 Å². The van der Waals surface area contributed by atoms with E-state index in [1.54, 1.807) is 25.2 Å². The second kappa shape index (κ2) is 4.83. The molecule has 0 N–H and O–H groups in total. The number of anilines is 1. The highest BCUT2D eigenvalue weighted by atomic mass is 79.9. The summed E-state index contributed by atoms with van der Waals surface area (Å²) in [7, 11) is 1.58. The topological polar surface area (TPSA) is 16.1 Å². The molecular formula is C9H10BrF3N2. The summed E-state index contributed by atoms with van der Waals surface area (Å²) in [5.74, 6) is 0.522. The minimum atomic E-state index is -4.12. The molecule has 0 aliphatic carbocycles. The molecule has 15 heavy (non-hydrogen) atoms. The van der Waals surface area contributed by atoms with Crippen LogP contribution in [0.4, 0.5) is 19.0 Å². The molecule has 6 heteroatoms. The highest BCUT2D eigenvalue weighted by molar-refractivity contribution is 9.10. The van der Waals surface area contributed by atoms with E-state index in [0.29, 0.717) is 10.4 Å². The number of nitrogens with zero attached hydrogens (tertiary/aromatic N) is 2. The molecule has 0 saturated carbocycles. The molecule has 0 bridgehead atoms. The first-order valence-electron chi connectivity index (χ1n) is 4.29. The van der Waals surface area contributed by atoms with E-state index < -0.39 is 12.6 Å². The summed E-state index contributed by atoms with van der Waals surface area (Å²) in [5, 5.41) is 0. The van der Waals surface area contributed by atoms with Gasteiger partial charge in [0.2, 0.25) is 0 Å². The molecule has 0 aliphatic rings. The number of halogens is 4. The minimum Gasteiger partial charge on any atom is -0.359 e. The van der Waals surface area contributed by atoms with Crippen LogP contribution >= 0.6 is 15.9 Å². The number of alkyl halides is 3. The van der Waals surface area contributed by atoms with Crippen molar-refractivity contribution in [3.63, 3.8) is 0 Å². The molecule has 1 heterocycles. The van der Waals surface area contributed by atoms with Crippen molar-refractivity contribution in [1.82, 2.24) is 4.98 Å². The average Bonchev–Trinajstić information content (AvgIpc) is 2.13. The van der Waals surface area contributed by atoms with Gasteiger partial charge in [0.05, 0.1) is 6.42 Å². The molecule has 0 unspecified atom stereocenters. The number of aromatic nitrogens is 1. The molecule has 0 atom stereocenters. The average molecular weight is 283 g/mol. The van der Waals surface area contributed by atoms with Gasteiger partial charge in [-0.15, -0.1) is 0 Å². The van der Waals surface area contributed by atoms with Crippen LogP contribution in [0.15, 0.2) is 22.8 Å². The fourth-order valence-corrected chi connectivity index (χ4v) is 1.35. The van der Waals surface area contributed by atoms with E-state index in [1.807, 2.05) is 0 Å². The Kier molecular flexibility index (Phi) is 3.96. The molecule has 0 radical (unpaired) electrons. The van der Waals surface area contributed by atoms with Crippen LogP contribution in [-0.4, -0.2) is 24.8 Å². The highest BCUT2D eigenvalue weighted by Crippen LogP contribution is 2.21. The zero-order valence-corrected chi connectivity index (χ0v) is 9.64. The summed E-state index contributed by atoms with van der Waals surface area (Å²) in [6.45, 7) is -0.0903. The van der Waals surface area contributed by atoms with Gasteiger partial charge < -0.3 is 4.90 Å². The maximum Gasteiger partial charge on any atom is 0.390 e. The Hall–Kier alpha value is -0.780. The van der Waals surface area contributed by atoms with Crippen molar-refractivity contribution in [1.29, 1.82) is 0 Å². The Labute approximate surface area is 94.2 Å². The van der Waals surface area contributed by atoms with E-state index >= 15 is 0 Å². The summed E-state index contributed by atoms with van der Waals surface area (Å²) in [5.41, 5.74) is 0. The van der Waals surface area contributed by atoms with Crippen LogP contribution in [0.3, 0.4) is 0 Å². The molecule has 1 aromatic heterocycles. The van der Waals surface area contributed by atoms with E-state index in [-0.39, 0.29) is 6.54 Å². The lowest BCUT2D eigenvalue weighted by atomic mass is 10.3. The van der Waals surface area contributed by atoms with Crippen molar-refractivity contribution in [3.8, 4) is 0 Å². The number of rotatable bonds is 3. The van der Waals surface area contributed by atoms with Gasteiger partial charge in [-0.3, -0.25) is 0 Å². The van der Waals surface area contributed by atoms with E-state index in [2.05, 4.69) is 20.9 Å². The van der Waals surface area contributed by atoms with Gasteiger partial charge in [-0.1, -0.05) is 6.07 Å². The van der Waals surface area contributed by atoms with Gasteiger partial charge in [0, 0.05) is 13.6 Å². The summed E-state index contributed by atoms with van der Waals surface area (Å²) in [6.07, 6.45) is -4.96. The molecule has 84 valence electrons. The summed E-state index contributed by atoms with van der Waals surface area (Å²) >= 11 is 3.16. The lowest BCUT2D eigenvalue weighted by molar-refractivity contribution is -0.132. The van der Waals surface area contributed by atoms with Gasteiger partial charge in [0.25, 0.3) is 0 Å². The first-order chi connectivity index (χ1) is 6.88. The van der Waals surface area contributed by atoms with E-state index in [0.717, 1.165) is 0 Å². The fourth-order valence-electron chi connectivity index (χ4n) is 1.02. The molecule has 1 aromatic rings. The molecular weight excluding hydrogens is 273 g/mol. The Balaban J connectivity index is 2.58. The lowest BCUT2D eigenvalue weighted by Gasteiger charge is -2.18. The first kappa shape index (κ1) is 12.3. The Morgan fingerprint density at radius 1 is 1.40 bits per heavy atom. The monoisotopic (exact) mass is 282 g/mol. The normalized spacial score (nSPS) is 11.5. The quantitative estimate of drug-likeness (QED) is 0.792. The van der Waals surface area contributed by atoms with E-state index in [9.17, 15) is 13.2 Å². The summed E-state index contributed by atoms with van der Waals surface area (Å²) in [6, 6.07) is 5.12. The smallest absolute Gasteiger partial charge is 0.359 e. The van der Waals surface area contributed by atoms with Crippen molar-refractivity contribution >= 4 is 21.7 Å². The molecule has 0 spiro atoms. The third-order valence-corrected chi connectivity index (χ3v) is 2.26. The Morgan fingerprint density at radius 2 is 2.07 bits per heavy atom. The Bertz CT molecular complexity index is 327. The maximum absolute atomic E-state index is 12.0. The van der Waals surface area contributed by atoms with E-state index in [1.165, 1.54) is 4.90 Å². The maximum atomic E-state index is 12.0. The van der Waals surface area contributed by atoms with Gasteiger partial charge >= 0.3 is 6.18 Å². The molecule has 0 aromatic carbocycles. The first-order valence-corrected chi connectivity index (χ1v) is 5.08. The van der Waals surface area contributed by atoms with Crippen molar-refractivity contribution in [2.24, 2.45) is 0 Å². The SMILES string of the molecule is CN(CCC(F)(F)F)c1cccc(Br)n1.